The maximum atomic E-state index is 10.9. The summed E-state index contributed by atoms with van der Waals surface area (Å²) in [6.07, 6.45) is 0. The molecule has 3 rings (SSSR count). The van der Waals surface area contributed by atoms with E-state index in [0.29, 0.717) is 12.2 Å². The quantitative estimate of drug-likeness (QED) is 0.392. The van der Waals surface area contributed by atoms with Crippen LogP contribution in [0.1, 0.15) is 12.5 Å². The van der Waals surface area contributed by atoms with Crippen molar-refractivity contribution < 1.29 is 14.2 Å². The summed E-state index contributed by atoms with van der Waals surface area (Å²) < 4.78 is 7.19. The summed E-state index contributed by atoms with van der Waals surface area (Å²) in [6, 6.07) is 16.4. The maximum absolute atomic E-state index is 10.9. The Balaban J connectivity index is 1.80. The van der Waals surface area contributed by atoms with Gasteiger partial charge in [0, 0.05) is 23.3 Å². The zero-order valence-electron chi connectivity index (χ0n) is 14.3. The largest absolute Gasteiger partial charge is 0.409 e. The van der Waals surface area contributed by atoms with Crippen LogP contribution < -0.4 is 4.90 Å². The Hall–Kier alpha value is -2.84. The highest BCUT2D eigenvalue weighted by atomic mass is 32.1. The van der Waals surface area contributed by atoms with Gasteiger partial charge < -0.3 is 9.32 Å². The predicted octanol–water partition coefficient (Wildman–Crippen LogP) is 2.84. The molecule has 0 bridgehead atoms. The van der Waals surface area contributed by atoms with E-state index >= 15 is 0 Å². The lowest BCUT2D eigenvalue weighted by atomic mass is 10.2. The molecule has 0 spiro atoms. The van der Waals surface area contributed by atoms with E-state index in [1.807, 2.05) is 18.2 Å². The normalized spacial score (nSPS) is 12.0. The van der Waals surface area contributed by atoms with Crippen LogP contribution in [-0.2, 0) is 13.2 Å². The van der Waals surface area contributed by atoms with E-state index in [1.165, 1.54) is 22.6 Å². The number of aromatic nitrogens is 2. The molecule has 0 amide bonds. The number of non-ortho nitro benzene ring substituents is 1. The highest BCUT2D eigenvalue weighted by Crippen LogP contribution is 2.22. The molecule has 0 saturated carbocycles. The third kappa shape index (κ3) is 4.22. The van der Waals surface area contributed by atoms with Gasteiger partial charge in [-0.3, -0.25) is 10.1 Å². The van der Waals surface area contributed by atoms with Crippen molar-refractivity contribution in [1.82, 2.24) is 9.78 Å². The van der Waals surface area contributed by atoms with Gasteiger partial charge in [-0.15, -0.1) is 5.10 Å². The van der Waals surface area contributed by atoms with Gasteiger partial charge in [-0.25, -0.2) is 0 Å². The van der Waals surface area contributed by atoms with Crippen molar-refractivity contribution in [2.75, 3.05) is 6.54 Å². The Labute approximate surface area is 155 Å². The molecule has 2 aromatic carbocycles. The van der Waals surface area contributed by atoms with Crippen molar-refractivity contribution >= 4 is 17.9 Å². The van der Waals surface area contributed by atoms with E-state index in [4.69, 9.17) is 16.6 Å². The van der Waals surface area contributed by atoms with Crippen molar-refractivity contribution in [1.29, 1.82) is 0 Å². The number of nitro benzene ring substituents is 1. The van der Waals surface area contributed by atoms with Gasteiger partial charge in [-0.05, 0) is 25.2 Å². The van der Waals surface area contributed by atoms with Gasteiger partial charge >= 0.3 is 0 Å². The van der Waals surface area contributed by atoms with Crippen molar-refractivity contribution in [2.24, 2.45) is 0 Å². The van der Waals surface area contributed by atoms with Gasteiger partial charge in [-0.1, -0.05) is 36.4 Å². The number of hydrogen-bond acceptors (Lipinski definition) is 5. The lowest BCUT2D eigenvalue weighted by molar-refractivity contribution is -0.935. The van der Waals surface area contributed by atoms with Gasteiger partial charge in [0.2, 0.25) is 5.89 Å². The Morgan fingerprint density at radius 1 is 1.23 bits per heavy atom. The number of quaternary nitrogens is 1. The fourth-order valence-electron chi connectivity index (χ4n) is 2.66. The zero-order chi connectivity index (χ0) is 18.5. The van der Waals surface area contributed by atoms with E-state index in [0.717, 1.165) is 13.1 Å². The fraction of sp³-hybridized carbons (Fsp3) is 0.222. The predicted molar refractivity (Wildman–Crippen MR) is 99.1 cm³/mol. The van der Waals surface area contributed by atoms with E-state index < -0.39 is 4.92 Å². The molecule has 26 heavy (non-hydrogen) atoms. The van der Waals surface area contributed by atoms with E-state index in [9.17, 15) is 10.1 Å². The van der Waals surface area contributed by atoms with Gasteiger partial charge in [0.15, 0.2) is 6.67 Å². The molecule has 8 heteroatoms. The monoisotopic (exact) mass is 371 g/mol. The highest BCUT2D eigenvalue weighted by molar-refractivity contribution is 7.71. The fourth-order valence-corrected chi connectivity index (χ4v) is 2.85. The number of benzene rings is 2. The first-order valence-electron chi connectivity index (χ1n) is 8.27. The van der Waals surface area contributed by atoms with Crippen LogP contribution in [0.5, 0.6) is 0 Å². The molecule has 1 heterocycles. The number of hydrogen-bond donors (Lipinski definition) is 1. The summed E-state index contributed by atoms with van der Waals surface area (Å²) in [7, 11) is 0. The summed E-state index contributed by atoms with van der Waals surface area (Å²) >= 11 is 5.27. The first-order valence-corrected chi connectivity index (χ1v) is 8.68. The minimum Gasteiger partial charge on any atom is -0.409 e. The molecule has 0 saturated heterocycles. The summed E-state index contributed by atoms with van der Waals surface area (Å²) in [4.78, 5) is 12.0. The van der Waals surface area contributed by atoms with Crippen LogP contribution in [0.2, 0.25) is 0 Å². The van der Waals surface area contributed by atoms with Crippen LogP contribution in [0, 0.1) is 15.0 Å². The Bertz CT molecular complexity index is 952. The number of nitrogens with zero attached hydrogens (tertiary/aromatic N) is 3. The van der Waals surface area contributed by atoms with E-state index in [2.05, 4.69) is 24.2 Å². The van der Waals surface area contributed by atoms with Crippen LogP contribution in [0.25, 0.3) is 11.5 Å². The molecule has 0 aliphatic carbocycles. The second-order valence-electron chi connectivity index (χ2n) is 5.90. The second-order valence-corrected chi connectivity index (χ2v) is 6.25. The van der Waals surface area contributed by atoms with Crippen molar-refractivity contribution in [3.05, 3.63) is 75.1 Å². The Kier molecular flexibility index (Phi) is 5.55. The number of nitro groups is 1. The summed E-state index contributed by atoms with van der Waals surface area (Å²) in [5.74, 6) is 0.286. The van der Waals surface area contributed by atoms with Crippen LogP contribution in [0.3, 0.4) is 0 Å². The second kappa shape index (κ2) is 8.03. The lowest BCUT2D eigenvalue weighted by Gasteiger charge is -2.16. The van der Waals surface area contributed by atoms with Crippen LogP contribution >= 0.6 is 12.2 Å². The molecule has 3 aromatic rings. The van der Waals surface area contributed by atoms with Crippen molar-refractivity contribution in [3.8, 4) is 11.5 Å². The first kappa shape index (κ1) is 18.0. The van der Waals surface area contributed by atoms with Gasteiger partial charge in [0.1, 0.15) is 6.54 Å². The smallest absolute Gasteiger partial charge is 0.292 e. The number of rotatable bonds is 7. The molecule has 134 valence electrons. The maximum Gasteiger partial charge on any atom is 0.292 e. The SMILES string of the molecule is CC[NH+](Cc1ccccc1)Cn1nc(-c2cccc([N+](=O)[O-])c2)oc1=S. The topological polar surface area (TPSA) is 78.5 Å². The summed E-state index contributed by atoms with van der Waals surface area (Å²) in [5, 5.41) is 15.4. The molecular formula is C18H19N4O3S+. The molecule has 1 aromatic heterocycles. The molecular weight excluding hydrogens is 352 g/mol. The minimum atomic E-state index is -0.447. The molecule has 1 unspecified atom stereocenters. The molecule has 0 aliphatic heterocycles. The Morgan fingerprint density at radius 3 is 2.69 bits per heavy atom. The third-order valence-electron chi connectivity index (χ3n) is 4.08. The summed E-state index contributed by atoms with van der Waals surface area (Å²) in [6.45, 7) is 4.40. The number of nitrogens with one attached hydrogen (secondary N) is 1. The molecule has 1 atom stereocenters. The molecule has 0 aliphatic rings. The van der Waals surface area contributed by atoms with Crippen LogP contribution in [0.4, 0.5) is 5.69 Å². The highest BCUT2D eigenvalue weighted by Gasteiger charge is 2.15. The van der Waals surface area contributed by atoms with E-state index in [1.54, 1.807) is 16.8 Å². The molecule has 0 fully saturated rings. The van der Waals surface area contributed by atoms with Gasteiger partial charge in [-0.2, -0.15) is 4.68 Å². The standard InChI is InChI=1S/C18H18N4O3S/c1-2-20(12-14-7-4-3-5-8-14)13-21-18(26)25-17(19-21)15-9-6-10-16(11-15)22(23)24/h3-11H,2,12-13H2,1H3/p+1. The van der Waals surface area contributed by atoms with E-state index in [-0.39, 0.29) is 16.4 Å². The molecule has 1 N–H and O–H groups in total. The lowest BCUT2D eigenvalue weighted by Crippen LogP contribution is -3.09. The molecule has 7 nitrogen and oxygen atoms in total. The average Bonchev–Trinajstić information content (AvgIpc) is 3.02. The first-order chi connectivity index (χ1) is 12.6. The third-order valence-corrected chi connectivity index (χ3v) is 4.37. The minimum absolute atomic E-state index is 0.0111. The average molecular weight is 371 g/mol. The zero-order valence-corrected chi connectivity index (χ0v) is 15.1. The van der Waals surface area contributed by atoms with Crippen LogP contribution in [-0.4, -0.2) is 21.2 Å². The van der Waals surface area contributed by atoms with Crippen molar-refractivity contribution in [3.63, 3.8) is 0 Å². The van der Waals surface area contributed by atoms with Crippen LogP contribution in [0.15, 0.2) is 59.0 Å². The van der Waals surface area contributed by atoms with Gasteiger partial charge in [0.25, 0.3) is 10.5 Å². The van der Waals surface area contributed by atoms with Crippen molar-refractivity contribution in [2.45, 2.75) is 20.1 Å². The Morgan fingerprint density at radius 2 is 2.00 bits per heavy atom. The van der Waals surface area contributed by atoms with Gasteiger partial charge in [0.05, 0.1) is 11.5 Å². The molecule has 0 radical (unpaired) electrons. The summed E-state index contributed by atoms with van der Waals surface area (Å²) in [5.41, 5.74) is 1.76.